The van der Waals surface area contributed by atoms with Gasteiger partial charge in [-0.2, -0.15) is 0 Å². The van der Waals surface area contributed by atoms with Crippen LogP contribution < -0.4 is 0 Å². The van der Waals surface area contributed by atoms with Gasteiger partial charge in [0.05, 0.1) is 0 Å². The van der Waals surface area contributed by atoms with Crippen LogP contribution in [0, 0.1) is 11.8 Å². The third-order valence-electron chi connectivity index (χ3n) is 3.10. The van der Waals surface area contributed by atoms with Crippen molar-refractivity contribution in [3.8, 4) is 0 Å². The van der Waals surface area contributed by atoms with Gasteiger partial charge in [0.25, 0.3) is 0 Å². The molecule has 0 aliphatic carbocycles. The number of alkyl halides is 1. The van der Waals surface area contributed by atoms with Crippen LogP contribution in [-0.4, -0.2) is 5.88 Å². The van der Waals surface area contributed by atoms with Crippen LogP contribution in [0.3, 0.4) is 0 Å². The fraction of sp³-hybridized carbons (Fsp3) is 1.00. The standard InChI is InChI=1S/C7H16.C6H13Cl/c1-4-7(5-2)6-3;1-3-6(4-2)5-7/h7H,4-6H2,1-3H3;6H,3-5H2,1-2H3. The monoisotopic (exact) mass is 220 g/mol. The third kappa shape index (κ3) is 10.4. The van der Waals surface area contributed by atoms with Gasteiger partial charge in [-0.3, -0.25) is 0 Å². The van der Waals surface area contributed by atoms with Crippen molar-refractivity contribution in [2.24, 2.45) is 11.8 Å². The molecule has 0 saturated carbocycles. The Morgan fingerprint density at radius 1 is 0.643 bits per heavy atom. The Bertz CT molecular complexity index is 60.2. The Kier molecular flexibility index (Phi) is 15.9. The van der Waals surface area contributed by atoms with Crippen molar-refractivity contribution >= 4 is 11.6 Å². The predicted octanol–water partition coefficient (Wildman–Crippen LogP) is 5.49. The minimum absolute atomic E-state index is 0.752. The van der Waals surface area contributed by atoms with Gasteiger partial charge < -0.3 is 0 Å². The van der Waals surface area contributed by atoms with Crippen LogP contribution in [0.25, 0.3) is 0 Å². The van der Waals surface area contributed by atoms with E-state index in [0.717, 1.165) is 17.7 Å². The molecule has 0 N–H and O–H groups in total. The lowest BCUT2D eigenvalue weighted by molar-refractivity contribution is 0.477. The average molecular weight is 221 g/mol. The van der Waals surface area contributed by atoms with E-state index in [-0.39, 0.29) is 0 Å². The maximum atomic E-state index is 5.57. The topological polar surface area (TPSA) is 0 Å². The normalized spacial score (nSPS) is 10.3. The van der Waals surface area contributed by atoms with Crippen molar-refractivity contribution in [1.82, 2.24) is 0 Å². The third-order valence-corrected chi connectivity index (χ3v) is 3.54. The van der Waals surface area contributed by atoms with Crippen molar-refractivity contribution in [2.45, 2.75) is 66.7 Å². The molecule has 0 nitrogen and oxygen atoms in total. The minimum atomic E-state index is 0.752. The van der Waals surface area contributed by atoms with Gasteiger partial charge in [0, 0.05) is 5.88 Å². The number of hydrogen-bond donors (Lipinski definition) is 0. The first-order valence-corrected chi connectivity index (χ1v) is 6.79. The van der Waals surface area contributed by atoms with E-state index in [1.54, 1.807) is 0 Å². The van der Waals surface area contributed by atoms with E-state index in [1.165, 1.54) is 32.1 Å². The quantitative estimate of drug-likeness (QED) is 0.519. The summed E-state index contributed by atoms with van der Waals surface area (Å²) in [5, 5.41) is 0. The molecule has 0 aromatic rings. The predicted molar refractivity (Wildman–Crippen MR) is 69.2 cm³/mol. The minimum Gasteiger partial charge on any atom is -0.126 e. The van der Waals surface area contributed by atoms with Gasteiger partial charge in [-0.15, -0.1) is 11.6 Å². The second-order valence-corrected chi connectivity index (χ2v) is 4.24. The molecule has 0 aromatic carbocycles. The summed E-state index contributed by atoms with van der Waals surface area (Å²) in [6.45, 7) is 11.1. The molecule has 0 amide bonds. The first-order valence-electron chi connectivity index (χ1n) is 6.25. The van der Waals surface area contributed by atoms with Gasteiger partial charge in [0.15, 0.2) is 0 Å². The van der Waals surface area contributed by atoms with Crippen LogP contribution in [-0.2, 0) is 0 Å². The zero-order valence-corrected chi connectivity index (χ0v) is 11.5. The van der Waals surface area contributed by atoms with Crippen molar-refractivity contribution in [2.75, 3.05) is 5.88 Å². The van der Waals surface area contributed by atoms with Crippen LogP contribution in [0.2, 0.25) is 0 Å². The molecule has 0 unspecified atom stereocenters. The molecule has 0 aromatic heterocycles. The van der Waals surface area contributed by atoms with Crippen LogP contribution >= 0.6 is 11.6 Å². The maximum absolute atomic E-state index is 5.57. The Morgan fingerprint density at radius 3 is 0.929 bits per heavy atom. The number of rotatable bonds is 6. The van der Waals surface area contributed by atoms with Crippen molar-refractivity contribution < 1.29 is 0 Å². The maximum Gasteiger partial charge on any atom is 0.0251 e. The fourth-order valence-corrected chi connectivity index (χ4v) is 1.81. The van der Waals surface area contributed by atoms with Gasteiger partial charge in [-0.05, 0) is 11.8 Å². The van der Waals surface area contributed by atoms with Gasteiger partial charge in [0.2, 0.25) is 0 Å². The average Bonchev–Trinajstić information content (AvgIpc) is 2.24. The molecular formula is C13H29Cl. The number of hydrogen-bond acceptors (Lipinski definition) is 0. The Hall–Kier alpha value is 0.290. The highest BCUT2D eigenvalue weighted by atomic mass is 35.5. The summed E-state index contributed by atoms with van der Waals surface area (Å²) in [6, 6.07) is 0. The van der Waals surface area contributed by atoms with Crippen molar-refractivity contribution in [3.63, 3.8) is 0 Å². The number of halogens is 1. The first kappa shape index (κ1) is 16.7. The molecule has 0 heterocycles. The summed E-state index contributed by atoms with van der Waals surface area (Å²) in [5.41, 5.74) is 0. The summed E-state index contributed by atoms with van der Waals surface area (Å²) < 4.78 is 0. The highest BCUT2D eigenvalue weighted by molar-refractivity contribution is 6.18. The Labute approximate surface area is 96.4 Å². The molecule has 0 atom stereocenters. The molecule has 0 aliphatic rings. The summed E-state index contributed by atoms with van der Waals surface area (Å²) >= 11 is 5.57. The molecule has 1 heteroatoms. The molecule has 0 saturated heterocycles. The summed E-state index contributed by atoms with van der Waals surface area (Å²) in [6.07, 6.45) is 6.51. The SMILES string of the molecule is CCC(CC)CC.CCC(CC)CCl. The summed E-state index contributed by atoms with van der Waals surface area (Å²) in [4.78, 5) is 0. The van der Waals surface area contributed by atoms with E-state index < -0.39 is 0 Å². The van der Waals surface area contributed by atoms with Gasteiger partial charge in [-0.1, -0.05) is 66.7 Å². The van der Waals surface area contributed by atoms with Gasteiger partial charge >= 0.3 is 0 Å². The summed E-state index contributed by atoms with van der Waals surface area (Å²) in [5.74, 6) is 2.56. The molecule has 0 fully saturated rings. The smallest absolute Gasteiger partial charge is 0.0251 e. The molecule has 0 rings (SSSR count). The highest BCUT2D eigenvalue weighted by Gasteiger charge is 1.97. The van der Waals surface area contributed by atoms with Crippen molar-refractivity contribution in [3.05, 3.63) is 0 Å². The lowest BCUT2D eigenvalue weighted by Crippen LogP contribution is -1.96. The molecular weight excluding hydrogens is 192 g/mol. The zero-order chi connectivity index (χ0) is 11.4. The van der Waals surface area contributed by atoms with Crippen LogP contribution in [0.15, 0.2) is 0 Å². The van der Waals surface area contributed by atoms with E-state index in [9.17, 15) is 0 Å². The Balaban J connectivity index is 0. The lowest BCUT2D eigenvalue weighted by Gasteiger charge is -2.05. The van der Waals surface area contributed by atoms with E-state index in [4.69, 9.17) is 11.6 Å². The molecule has 0 bridgehead atoms. The zero-order valence-electron chi connectivity index (χ0n) is 10.8. The van der Waals surface area contributed by atoms with Gasteiger partial charge in [-0.25, -0.2) is 0 Å². The van der Waals surface area contributed by atoms with E-state index in [0.29, 0.717) is 0 Å². The molecule has 88 valence electrons. The van der Waals surface area contributed by atoms with Crippen LogP contribution in [0.1, 0.15) is 66.7 Å². The van der Waals surface area contributed by atoms with Gasteiger partial charge in [0.1, 0.15) is 0 Å². The van der Waals surface area contributed by atoms with E-state index in [2.05, 4.69) is 34.6 Å². The Morgan fingerprint density at radius 2 is 0.929 bits per heavy atom. The first-order chi connectivity index (χ1) is 6.69. The van der Waals surface area contributed by atoms with E-state index in [1.807, 2.05) is 0 Å². The second-order valence-electron chi connectivity index (χ2n) is 3.93. The van der Waals surface area contributed by atoms with Crippen molar-refractivity contribution in [1.29, 1.82) is 0 Å². The second kappa shape index (κ2) is 13.3. The molecule has 0 spiro atoms. The van der Waals surface area contributed by atoms with Crippen LogP contribution in [0.4, 0.5) is 0 Å². The molecule has 0 aliphatic heterocycles. The fourth-order valence-electron chi connectivity index (χ4n) is 1.37. The lowest BCUT2D eigenvalue weighted by atomic mass is 10.0. The molecule has 0 radical (unpaired) electrons. The summed E-state index contributed by atoms with van der Waals surface area (Å²) in [7, 11) is 0. The molecule has 14 heavy (non-hydrogen) atoms. The van der Waals surface area contributed by atoms with Crippen LogP contribution in [0.5, 0.6) is 0 Å². The largest absolute Gasteiger partial charge is 0.126 e. The highest BCUT2D eigenvalue weighted by Crippen LogP contribution is 2.10. The van der Waals surface area contributed by atoms with E-state index >= 15 is 0 Å².